The highest BCUT2D eigenvalue weighted by atomic mass is 35.5. The van der Waals surface area contributed by atoms with E-state index in [9.17, 15) is 4.79 Å². The molecule has 0 saturated carbocycles. The van der Waals surface area contributed by atoms with Gasteiger partial charge in [-0.1, -0.05) is 58.7 Å². The first-order valence-corrected chi connectivity index (χ1v) is 10.7. The first-order chi connectivity index (χ1) is 13.0. The molecule has 2 aliphatic rings. The third kappa shape index (κ3) is 3.79. The van der Waals surface area contributed by atoms with Crippen LogP contribution in [-0.4, -0.2) is 17.2 Å². The Balaban J connectivity index is 1.70. The molecule has 0 saturated heterocycles. The van der Waals surface area contributed by atoms with Gasteiger partial charge in [0, 0.05) is 28.1 Å². The van der Waals surface area contributed by atoms with Gasteiger partial charge in [-0.05, 0) is 55.2 Å². The van der Waals surface area contributed by atoms with E-state index in [4.69, 9.17) is 34.8 Å². The summed E-state index contributed by atoms with van der Waals surface area (Å²) in [7, 11) is 0. The van der Waals surface area contributed by atoms with Gasteiger partial charge in [-0.15, -0.1) is 0 Å². The van der Waals surface area contributed by atoms with Gasteiger partial charge in [0.1, 0.15) is 0 Å². The summed E-state index contributed by atoms with van der Waals surface area (Å²) in [5.74, 6) is 0.0220. The Morgan fingerprint density at radius 3 is 2.48 bits per heavy atom. The normalized spacial score (nSPS) is 16.9. The van der Waals surface area contributed by atoms with E-state index in [0.29, 0.717) is 20.6 Å². The Bertz CT molecular complexity index is 966. The molecule has 0 spiro atoms. The number of Topliss-reactive ketones (excluding diaryl/α,β-unsaturated/α-hetero) is 1. The average Bonchev–Trinajstić information content (AvgIpc) is 2.96. The molecule has 0 fully saturated rings. The molecule has 0 unspecified atom stereocenters. The van der Waals surface area contributed by atoms with Crippen molar-refractivity contribution in [3.8, 4) is 0 Å². The number of carbonyl (C=O) groups is 1. The highest BCUT2D eigenvalue weighted by Crippen LogP contribution is 2.44. The zero-order valence-corrected chi connectivity index (χ0v) is 17.4. The maximum Gasteiger partial charge on any atom is 0.191 e. The molecule has 0 aliphatic carbocycles. The van der Waals surface area contributed by atoms with Crippen molar-refractivity contribution in [1.82, 2.24) is 4.90 Å². The third-order valence-corrected chi connectivity index (χ3v) is 6.75. The Morgan fingerprint density at radius 1 is 0.963 bits per heavy atom. The summed E-state index contributed by atoms with van der Waals surface area (Å²) < 4.78 is 0. The molecule has 0 aromatic heterocycles. The minimum Gasteiger partial charge on any atom is -0.335 e. The predicted octanol–water partition coefficient (Wildman–Crippen LogP) is 7.27. The maximum atomic E-state index is 13.2. The molecule has 6 heteroatoms. The van der Waals surface area contributed by atoms with Gasteiger partial charge >= 0.3 is 0 Å². The fraction of sp³-hybridized carbons (Fsp3) is 0.190. The molecule has 2 aromatic rings. The fourth-order valence-corrected chi connectivity index (χ4v) is 4.91. The minimum absolute atomic E-state index is 0.0220. The van der Waals surface area contributed by atoms with E-state index in [0.717, 1.165) is 47.7 Å². The number of benzene rings is 2. The molecule has 4 rings (SSSR count). The number of hydrogen-bond donors (Lipinski definition) is 0. The van der Waals surface area contributed by atoms with E-state index in [2.05, 4.69) is 10.3 Å². The Labute approximate surface area is 177 Å². The van der Waals surface area contributed by atoms with Crippen LogP contribution in [0.2, 0.25) is 15.1 Å². The fourth-order valence-electron chi connectivity index (χ4n) is 3.35. The van der Waals surface area contributed by atoms with Gasteiger partial charge < -0.3 is 4.90 Å². The Morgan fingerprint density at radius 2 is 1.74 bits per heavy atom. The largest absolute Gasteiger partial charge is 0.335 e. The SMILES string of the molecule is O=C(C1=C2SC=C(c3ccc(Cl)cc3)N2CCCC1)c1ccc(Cl)c(Cl)c1. The lowest BCUT2D eigenvalue weighted by atomic mass is 10.00. The second-order valence-corrected chi connectivity index (χ2v) is 8.59. The summed E-state index contributed by atoms with van der Waals surface area (Å²) in [5.41, 5.74) is 3.64. The van der Waals surface area contributed by atoms with Crippen LogP contribution < -0.4 is 0 Å². The van der Waals surface area contributed by atoms with Gasteiger partial charge in [0.05, 0.1) is 20.8 Å². The van der Waals surface area contributed by atoms with Gasteiger partial charge in [0.2, 0.25) is 0 Å². The summed E-state index contributed by atoms with van der Waals surface area (Å²) >= 11 is 19.8. The van der Waals surface area contributed by atoms with Gasteiger partial charge in [0.15, 0.2) is 5.78 Å². The number of fused-ring (bicyclic) bond motifs is 1. The second kappa shape index (κ2) is 7.92. The van der Waals surface area contributed by atoms with Crippen LogP contribution in [0.1, 0.15) is 35.2 Å². The molecule has 0 atom stereocenters. The molecule has 2 aromatic carbocycles. The highest BCUT2D eigenvalue weighted by molar-refractivity contribution is 8.06. The molecule has 27 heavy (non-hydrogen) atoms. The zero-order chi connectivity index (χ0) is 19.0. The van der Waals surface area contributed by atoms with Crippen LogP contribution in [0.4, 0.5) is 0 Å². The van der Waals surface area contributed by atoms with Crippen LogP contribution in [0.15, 0.2) is 58.5 Å². The van der Waals surface area contributed by atoms with Crippen molar-refractivity contribution in [1.29, 1.82) is 0 Å². The number of allylic oxidation sites excluding steroid dienone is 1. The Kier molecular flexibility index (Phi) is 5.56. The number of carbonyl (C=O) groups excluding carboxylic acids is 1. The van der Waals surface area contributed by atoms with E-state index in [1.807, 2.05) is 24.3 Å². The first-order valence-electron chi connectivity index (χ1n) is 8.68. The van der Waals surface area contributed by atoms with Gasteiger partial charge in [-0.3, -0.25) is 4.79 Å². The molecule has 0 bridgehead atoms. The van der Waals surface area contributed by atoms with Crippen LogP contribution in [0.3, 0.4) is 0 Å². The average molecular weight is 437 g/mol. The van der Waals surface area contributed by atoms with E-state index >= 15 is 0 Å². The lowest BCUT2D eigenvalue weighted by Crippen LogP contribution is -2.19. The number of thioether (sulfide) groups is 1. The van der Waals surface area contributed by atoms with Gasteiger partial charge in [0.25, 0.3) is 0 Å². The van der Waals surface area contributed by atoms with Crippen LogP contribution in [0.25, 0.3) is 5.70 Å². The number of halogens is 3. The quantitative estimate of drug-likeness (QED) is 0.472. The van der Waals surface area contributed by atoms with Gasteiger partial charge in [-0.2, -0.15) is 0 Å². The molecular formula is C21H16Cl3NOS. The topological polar surface area (TPSA) is 20.3 Å². The Hall–Kier alpha value is -1.39. The summed E-state index contributed by atoms with van der Waals surface area (Å²) in [6.07, 6.45) is 2.78. The van der Waals surface area contributed by atoms with Crippen molar-refractivity contribution < 1.29 is 4.79 Å². The molecular weight excluding hydrogens is 421 g/mol. The van der Waals surface area contributed by atoms with E-state index in [-0.39, 0.29) is 5.78 Å². The van der Waals surface area contributed by atoms with Crippen molar-refractivity contribution in [2.45, 2.75) is 19.3 Å². The predicted molar refractivity (Wildman–Crippen MR) is 115 cm³/mol. The van der Waals surface area contributed by atoms with E-state index in [1.165, 1.54) is 0 Å². The molecule has 2 heterocycles. The van der Waals surface area contributed by atoms with Crippen molar-refractivity contribution in [3.63, 3.8) is 0 Å². The smallest absolute Gasteiger partial charge is 0.191 e. The van der Waals surface area contributed by atoms with Crippen LogP contribution >= 0.6 is 46.6 Å². The van der Waals surface area contributed by atoms with Crippen molar-refractivity contribution in [2.24, 2.45) is 0 Å². The van der Waals surface area contributed by atoms with E-state index in [1.54, 1.807) is 30.0 Å². The summed E-state index contributed by atoms with van der Waals surface area (Å²) in [4.78, 5) is 15.5. The lowest BCUT2D eigenvalue weighted by molar-refractivity contribution is 0.102. The lowest BCUT2D eigenvalue weighted by Gasteiger charge is -2.23. The molecule has 138 valence electrons. The molecule has 0 amide bonds. The van der Waals surface area contributed by atoms with Crippen molar-refractivity contribution >= 4 is 58.0 Å². The molecule has 0 radical (unpaired) electrons. The standard InChI is InChI=1S/C21H16Cl3NOS/c22-15-7-4-13(5-8-15)19-12-27-21-16(3-1-2-10-25(19)21)20(26)14-6-9-17(23)18(24)11-14/h4-9,11-12H,1-3,10H2. The molecule has 2 nitrogen and oxygen atoms in total. The highest BCUT2D eigenvalue weighted by Gasteiger charge is 2.30. The second-order valence-electron chi connectivity index (χ2n) is 6.48. The summed E-state index contributed by atoms with van der Waals surface area (Å²) in [6, 6.07) is 12.9. The zero-order valence-electron chi connectivity index (χ0n) is 14.3. The summed E-state index contributed by atoms with van der Waals surface area (Å²) in [5, 5.41) is 4.71. The number of rotatable bonds is 3. The first kappa shape index (κ1) is 18.9. The van der Waals surface area contributed by atoms with Crippen LogP contribution in [0.5, 0.6) is 0 Å². The summed E-state index contributed by atoms with van der Waals surface area (Å²) in [6.45, 7) is 0.898. The van der Waals surface area contributed by atoms with E-state index < -0.39 is 0 Å². The van der Waals surface area contributed by atoms with Crippen LogP contribution in [0, 0.1) is 0 Å². The van der Waals surface area contributed by atoms with Crippen LogP contribution in [-0.2, 0) is 0 Å². The van der Waals surface area contributed by atoms with Gasteiger partial charge in [-0.25, -0.2) is 0 Å². The maximum absolute atomic E-state index is 13.2. The third-order valence-electron chi connectivity index (χ3n) is 4.73. The van der Waals surface area contributed by atoms with Crippen molar-refractivity contribution in [2.75, 3.05) is 6.54 Å². The minimum atomic E-state index is 0.0220. The molecule has 0 N–H and O–H groups in total. The molecule has 2 aliphatic heterocycles. The number of nitrogens with zero attached hydrogens (tertiary/aromatic N) is 1. The number of ketones is 1. The number of hydrogen-bond acceptors (Lipinski definition) is 3. The van der Waals surface area contributed by atoms with Crippen molar-refractivity contribution in [3.05, 3.63) is 84.7 Å². The monoisotopic (exact) mass is 435 g/mol.